The zero-order valence-electron chi connectivity index (χ0n) is 7.80. The maximum atomic E-state index is 6.07. The largest absolute Gasteiger partial charge is 0.347 e. The van der Waals surface area contributed by atoms with Gasteiger partial charge < -0.3 is 4.57 Å². The first-order valence-corrected chi connectivity index (χ1v) is 4.43. The Bertz CT molecular complexity index is 431. The fourth-order valence-corrected chi connectivity index (χ4v) is 1.99. The topological polar surface area (TPSA) is 30.7 Å². The molecule has 3 nitrogen and oxygen atoms in total. The summed E-state index contributed by atoms with van der Waals surface area (Å²) in [6, 6.07) is 0. The summed E-state index contributed by atoms with van der Waals surface area (Å²) in [4.78, 5) is 0. The predicted molar refractivity (Wildman–Crippen MR) is 53.0 cm³/mol. The van der Waals surface area contributed by atoms with Crippen molar-refractivity contribution in [3.05, 3.63) is 22.6 Å². The van der Waals surface area contributed by atoms with Gasteiger partial charge in [-0.15, -0.1) is 0 Å². The first-order chi connectivity index (χ1) is 6.11. The molecule has 0 atom stereocenters. The van der Waals surface area contributed by atoms with Crippen molar-refractivity contribution in [1.29, 1.82) is 0 Å². The van der Waals surface area contributed by atoms with Crippen molar-refractivity contribution >= 4 is 22.5 Å². The summed E-state index contributed by atoms with van der Waals surface area (Å²) in [7, 11) is 1.96. The highest BCUT2D eigenvalue weighted by Crippen LogP contribution is 2.27. The van der Waals surface area contributed by atoms with Gasteiger partial charge >= 0.3 is 0 Å². The smallest absolute Gasteiger partial charge is 0.0843 e. The SMILES string of the molecule is Cc1nnc(C)c2c1c(Cl)cn2C. The van der Waals surface area contributed by atoms with Gasteiger partial charge in [-0.1, -0.05) is 11.6 Å². The van der Waals surface area contributed by atoms with Gasteiger partial charge in [-0.2, -0.15) is 10.2 Å². The van der Waals surface area contributed by atoms with Gasteiger partial charge in [0.1, 0.15) is 0 Å². The molecule has 0 aromatic carbocycles. The highest BCUT2D eigenvalue weighted by molar-refractivity contribution is 6.35. The van der Waals surface area contributed by atoms with Crippen molar-refractivity contribution in [1.82, 2.24) is 14.8 Å². The fourth-order valence-electron chi connectivity index (χ4n) is 1.62. The van der Waals surface area contributed by atoms with E-state index in [2.05, 4.69) is 10.2 Å². The minimum atomic E-state index is 0.744. The summed E-state index contributed by atoms with van der Waals surface area (Å²) in [5.41, 5.74) is 2.86. The number of fused-ring (bicyclic) bond motifs is 1. The van der Waals surface area contributed by atoms with E-state index in [1.165, 1.54) is 0 Å². The molecule has 13 heavy (non-hydrogen) atoms. The number of halogens is 1. The van der Waals surface area contributed by atoms with Crippen LogP contribution in [0, 0.1) is 13.8 Å². The molecule has 68 valence electrons. The van der Waals surface area contributed by atoms with Gasteiger partial charge in [-0.05, 0) is 13.8 Å². The van der Waals surface area contributed by atoms with Gasteiger partial charge in [-0.3, -0.25) is 0 Å². The minimum absolute atomic E-state index is 0.744. The van der Waals surface area contributed by atoms with Gasteiger partial charge in [-0.25, -0.2) is 0 Å². The average molecular weight is 196 g/mol. The van der Waals surface area contributed by atoms with Crippen LogP contribution in [0.3, 0.4) is 0 Å². The van der Waals surface area contributed by atoms with Gasteiger partial charge in [0.25, 0.3) is 0 Å². The van der Waals surface area contributed by atoms with E-state index in [1.807, 2.05) is 31.7 Å². The van der Waals surface area contributed by atoms with Crippen molar-refractivity contribution in [2.24, 2.45) is 7.05 Å². The Hall–Kier alpha value is -1.09. The van der Waals surface area contributed by atoms with Crippen LogP contribution in [0.1, 0.15) is 11.4 Å². The van der Waals surface area contributed by atoms with E-state index in [-0.39, 0.29) is 0 Å². The lowest BCUT2D eigenvalue weighted by Crippen LogP contribution is -1.95. The predicted octanol–water partition coefficient (Wildman–Crippen LogP) is 2.24. The van der Waals surface area contributed by atoms with Crippen LogP contribution in [-0.4, -0.2) is 14.8 Å². The van der Waals surface area contributed by atoms with E-state index in [0.717, 1.165) is 27.3 Å². The summed E-state index contributed by atoms with van der Waals surface area (Å²) in [5.74, 6) is 0. The Kier molecular flexibility index (Phi) is 1.77. The summed E-state index contributed by atoms with van der Waals surface area (Å²) in [5, 5.41) is 9.84. The fraction of sp³-hybridized carbons (Fsp3) is 0.333. The molecule has 2 aromatic rings. The molecule has 0 amide bonds. The molecule has 2 heterocycles. The molecule has 0 N–H and O–H groups in total. The third-order valence-electron chi connectivity index (χ3n) is 2.19. The van der Waals surface area contributed by atoms with E-state index in [1.54, 1.807) is 0 Å². The third-order valence-corrected chi connectivity index (χ3v) is 2.48. The Labute approximate surface area is 81.3 Å². The highest BCUT2D eigenvalue weighted by Gasteiger charge is 2.10. The Morgan fingerprint density at radius 3 is 2.46 bits per heavy atom. The first kappa shape index (κ1) is 8.51. The molecule has 2 aromatic heterocycles. The quantitative estimate of drug-likeness (QED) is 0.646. The van der Waals surface area contributed by atoms with Crippen molar-refractivity contribution in [3.63, 3.8) is 0 Å². The third kappa shape index (κ3) is 1.11. The highest BCUT2D eigenvalue weighted by atomic mass is 35.5. The molecule has 0 spiro atoms. The second-order valence-corrected chi connectivity index (χ2v) is 3.59. The molecule has 4 heteroatoms. The number of hydrogen-bond acceptors (Lipinski definition) is 2. The number of aryl methyl sites for hydroxylation is 3. The average Bonchev–Trinajstić information content (AvgIpc) is 2.36. The van der Waals surface area contributed by atoms with Crippen molar-refractivity contribution < 1.29 is 0 Å². The Balaban J connectivity index is 3.03. The molecule has 0 aliphatic heterocycles. The Morgan fingerprint density at radius 1 is 1.23 bits per heavy atom. The zero-order valence-corrected chi connectivity index (χ0v) is 8.55. The van der Waals surface area contributed by atoms with Crippen LogP contribution in [0.5, 0.6) is 0 Å². The van der Waals surface area contributed by atoms with Crippen molar-refractivity contribution in [2.45, 2.75) is 13.8 Å². The van der Waals surface area contributed by atoms with Crippen molar-refractivity contribution in [2.75, 3.05) is 0 Å². The van der Waals surface area contributed by atoms with Crippen LogP contribution in [0.4, 0.5) is 0 Å². The summed E-state index contributed by atoms with van der Waals surface area (Å²) >= 11 is 6.07. The van der Waals surface area contributed by atoms with Crippen molar-refractivity contribution in [3.8, 4) is 0 Å². The van der Waals surface area contributed by atoms with Crippen LogP contribution >= 0.6 is 11.6 Å². The Morgan fingerprint density at radius 2 is 1.85 bits per heavy atom. The number of hydrogen-bond donors (Lipinski definition) is 0. The molecular formula is C9H10ClN3. The maximum Gasteiger partial charge on any atom is 0.0843 e. The lowest BCUT2D eigenvalue weighted by molar-refractivity contribution is 0.918. The van der Waals surface area contributed by atoms with Gasteiger partial charge in [0.2, 0.25) is 0 Å². The molecule has 0 radical (unpaired) electrons. The monoisotopic (exact) mass is 195 g/mol. The van der Waals surface area contributed by atoms with Crippen LogP contribution in [0.25, 0.3) is 10.9 Å². The molecule has 0 saturated carbocycles. The zero-order chi connectivity index (χ0) is 9.59. The molecule has 0 unspecified atom stereocenters. The van der Waals surface area contributed by atoms with E-state index < -0.39 is 0 Å². The molecule has 0 aliphatic rings. The molecule has 0 saturated heterocycles. The van der Waals surface area contributed by atoms with E-state index in [9.17, 15) is 0 Å². The molecular weight excluding hydrogens is 186 g/mol. The lowest BCUT2D eigenvalue weighted by atomic mass is 10.2. The van der Waals surface area contributed by atoms with Gasteiger partial charge in [0.05, 0.1) is 21.9 Å². The van der Waals surface area contributed by atoms with E-state index in [4.69, 9.17) is 11.6 Å². The summed E-state index contributed by atoms with van der Waals surface area (Å²) in [6.45, 7) is 3.85. The van der Waals surface area contributed by atoms with E-state index in [0.29, 0.717) is 0 Å². The first-order valence-electron chi connectivity index (χ1n) is 4.05. The van der Waals surface area contributed by atoms with Gasteiger partial charge in [0, 0.05) is 18.6 Å². The molecule has 2 rings (SSSR count). The lowest BCUT2D eigenvalue weighted by Gasteiger charge is -2.00. The number of rotatable bonds is 0. The van der Waals surface area contributed by atoms with Crippen LogP contribution in [-0.2, 0) is 7.05 Å². The molecule has 0 bridgehead atoms. The summed E-state index contributed by atoms with van der Waals surface area (Å²) in [6.07, 6.45) is 1.88. The van der Waals surface area contributed by atoms with E-state index >= 15 is 0 Å². The molecule has 0 aliphatic carbocycles. The van der Waals surface area contributed by atoms with Gasteiger partial charge in [0.15, 0.2) is 0 Å². The maximum absolute atomic E-state index is 6.07. The second-order valence-electron chi connectivity index (χ2n) is 3.18. The van der Waals surface area contributed by atoms with Crippen LogP contribution in [0.15, 0.2) is 6.20 Å². The molecule has 0 fully saturated rings. The number of aromatic nitrogens is 3. The minimum Gasteiger partial charge on any atom is -0.347 e. The van der Waals surface area contributed by atoms with Crippen LogP contribution < -0.4 is 0 Å². The number of nitrogens with zero attached hydrogens (tertiary/aromatic N) is 3. The normalized spacial score (nSPS) is 11.1. The summed E-state index contributed by atoms with van der Waals surface area (Å²) < 4.78 is 1.98. The second kappa shape index (κ2) is 2.70. The standard InChI is InChI=1S/C9H10ClN3/c1-5-8-7(10)4-13(3)9(8)6(2)12-11-5/h4H,1-3H3. The van der Waals surface area contributed by atoms with Crippen LogP contribution in [0.2, 0.25) is 5.02 Å².